The van der Waals surface area contributed by atoms with Gasteiger partial charge in [0.15, 0.2) is 0 Å². The first-order valence-electron chi connectivity index (χ1n) is 3.62. The number of methoxy groups -OCH3 is 1. The highest BCUT2D eigenvalue weighted by Crippen LogP contribution is 1.91. The van der Waals surface area contributed by atoms with Crippen LogP contribution < -0.4 is 5.32 Å². The highest BCUT2D eigenvalue weighted by Gasteiger charge is 2.11. The zero-order chi connectivity index (χ0) is 7.98. The Hall–Kier alpha value is -0.120. The number of ether oxygens (including phenoxy) is 1. The van der Waals surface area contributed by atoms with Crippen molar-refractivity contribution in [1.82, 2.24) is 5.32 Å². The minimum atomic E-state index is -0.398. The Labute approximate surface area is 62.4 Å². The first-order chi connectivity index (χ1) is 4.72. The normalized spacial score (nSPS) is 16.8. The molecule has 0 aliphatic carbocycles. The summed E-state index contributed by atoms with van der Waals surface area (Å²) in [7, 11) is 1.59. The highest BCUT2D eigenvalue weighted by molar-refractivity contribution is 4.68. The zero-order valence-corrected chi connectivity index (χ0v) is 6.92. The molecule has 0 saturated heterocycles. The topological polar surface area (TPSA) is 41.5 Å². The third-order valence-electron chi connectivity index (χ3n) is 1.44. The fourth-order valence-electron chi connectivity index (χ4n) is 0.773. The highest BCUT2D eigenvalue weighted by atomic mass is 16.5. The average molecular weight is 147 g/mol. The third kappa shape index (κ3) is 3.82. The molecule has 0 aromatic rings. The zero-order valence-electron chi connectivity index (χ0n) is 6.92. The number of hydrogen-bond acceptors (Lipinski definition) is 3. The van der Waals surface area contributed by atoms with Crippen molar-refractivity contribution in [2.45, 2.75) is 26.0 Å². The van der Waals surface area contributed by atoms with Crippen LogP contribution in [0.2, 0.25) is 0 Å². The van der Waals surface area contributed by atoms with Crippen molar-refractivity contribution < 1.29 is 9.84 Å². The van der Waals surface area contributed by atoms with Crippen LogP contribution in [0.4, 0.5) is 0 Å². The van der Waals surface area contributed by atoms with Crippen LogP contribution in [-0.4, -0.2) is 37.5 Å². The molecule has 0 saturated carbocycles. The molecule has 2 N–H and O–H groups in total. The maximum absolute atomic E-state index is 9.26. The summed E-state index contributed by atoms with van der Waals surface area (Å²) in [5, 5.41) is 12.4. The maximum Gasteiger partial charge on any atom is 0.0923 e. The van der Waals surface area contributed by atoms with Gasteiger partial charge in [-0.1, -0.05) is 6.92 Å². The summed E-state index contributed by atoms with van der Waals surface area (Å²) in [6, 6.07) is 0.116. The summed E-state index contributed by atoms with van der Waals surface area (Å²) in [6.45, 7) is 5.22. The van der Waals surface area contributed by atoms with Gasteiger partial charge in [0.25, 0.3) is 0 Å². The second-order valence-electron chi connectivity index (χ2n) is 2.37. The molecule has 10 heavy (non-hydrogen) atoms. The molecule has 0 heterocycles. The van der Waals surface area contributed by atoms with Gasteiger partial charge in [0.05, 0.1) is 12.7 Å². The lowest BCUT2D eigenvalue weighted by molar-refractivity contribution is 0.0436. The van der Waals surface area contributed by atoms with Crippen molar-refractivity contribution in [3.63, 3.8) is 0 Å². The second kappa shape index (κ2) is 5.65. The summed E-state index contributed by atoms with van der Waals surface area (Å²) < 4.78 is 4.78. The van der Waals surface area contributed by atoms with Gasteiger partial charge in [0.2, 0.25) is 0 Å². The molecule has 0 spiro atoms. The molecule has 0 fully saturated rings. The number of rotatable bonds is 5. The number of nitrogens with one attached hydrogen (secondary N) is 1. The third-order valence-corrected chi connectivity index (χ3v) is 1.44. The first kappa shape index (κ1) is 9.88. The molecular formula is C7H17NO2. The van der Waals surface area contributed by atoms with E-state index in [1.165, 1.54) is 0 Å². The molecule has 62 valence electrons. The molecule has 0 aliphatic rings. The van der Waals surface area contributed by atoms with Gasteiger partial charge in [-0.15, -0.1) is 0 Å². The molecule has 2 unspecified atom stereocenters. The van der Waals surface area contributed by atoms with Crippen LogP contribution in [0.5, 0.6) is 0 Å². The minimum Gasteiger partial charge on any atom is -0.389 e. The van der Waals surface area contributed by atoms with Crippen molar-refractivity contribution in [3.8, 4) is 0 Å². The van der Waals surface area contributed by atoms with E-state index < -0.39 is 6.10 Å². The van der Waals surface area contributed by atoms with Crippen LogP contribution in [0.3, 0.4) is 0 Å². The van der Waals surface area contributed by atoms with Crippen LogP contribution in [0.1, 0.15) is 13.8 Å². The van der Waals surface area contributed by atoms with Gasteiger partial charge in [-0.2, -0.15) is 0 Å². The summed E-state index contributed by atoms with van der Waals surface area (Å²) in [4.78, 5) is 0. The molecule has 0 rings (SSSR count). The Morgan fingerprint density at radius 3 is 2.60 bits per heavy atom. The molecular weight excluding hydrogens is 130 g/mol. The van der Waals surface area contributed by atoms with Gasteiger partial charge in [0.1, 0.15) is 0 Å². The predicted molar refractivity (Wildman–Crippen MR) is 41.0 cm³/mol. The van der Waals surface area contributed by atoms with E-state index in [0.717, 1.165) is 6.54 Å². The van der Waals surface area contributed by atoms with Gasteiger partial charge < -0.3 is 15.2 Å². The molecule has 2 atom stereocenters. The van der Waals surface area contributed by atoms with Gasteiger partial charge in [-0.3, -0.25) is 0 Å². The Bertz CT molecular complexity index is 68.0. The van der Waals surface area contributed by atoms with Crippen molar-refractivity contribution in [2.75, 3.05) is 20.3 Å². The van der Waals surface area contributed by atoms with Crippen molar-refractivity contribution >= 4 is 0 Å². The van der Waals surface area contributed by atoms with Crippen molar-refractivity contribution in [3.05, 3.63) is 0 Å². The lowest BCUT2D eigenvalue weighted by atomic mass is 10.2. The second-order valence-corrected chi connectivity index (χ2v) is 2.37. The molecule has 0 radical (unpaired) electrons. The van der Waals surface area contributed by atoms with E-state index in [1.54, 1.807) is 7.11 Å². The summed E-state index contributed by atoms with van der Waals surface area (Å²) in [5.41, 5.74) is 0. The molecule has 0 bridgehead atoms. The van der Waals surface area contributed by atoms with Crippen LogP contribution in [0.25, 0.3) is 0 Å². The number of likely N-dealkylation sites (N-methyl/N-ethyl adjacent to an activating group) is 1. The molecule has 0 aromatic heterocycles. The van der Waals surface area contributed by atoms with E-state index in [1.807, 2.05) is 13.8 Å². The molecule has 0 aromatic carbocycles. The van der Waals surface area contributed by atoms with Gasteiger partial charge >= 0.3 is 0 Å². The molecule has 3 nitrogen and oxygen atoms in total. The van der Waals surface area contributed by atoms with E-state index in [-0.39, 0.29) is 6.04 Å². The quantitative estimate of drug-likeness (QED) is 0.575. The standard InChI is InChI=1S/C7H17NO2/c1-4-8-6(2)7(9)5-10-3/h6-9H,4-5H2,1-3H3. The lowest BCUT2D eigenvalue weighted by Crippen LogP contribution is -2.39. The Balaban J connectivity index is 3.38. The van der Waals surface area contributed by atoms with E-state index in [0.29, 0.717) is 6.61 Å². The summed E-state index contributed by atoms with van der Waals surface area (Å²) >= 11 is 0. The smallest absolute Gasteiger partial charge is 0.0923 e. The Morgan fingerprint density at radius 1 is 1.60 bits per heavy atom. The van der Waals surface area contributed by atoms with E-state index in [4.69, 9.17) is 4.74 Å². The fourth-order valence-corrected chi connectivity index (χ4v) is 0.773. The van der Waals surface area contributed by atoms with E-state index in [2.05, 4.69) is 5.32 Å². The monoisotopic (exact) mass is 147 g/mol. The molecule has 0 aliphatic heterocycles. The van der Waals surface area contributed by atoms with Gasteiger partial charge in [-0.05, 0) is 13.5 Å². The van der Waals surface area contributed by atoms with Gasteiger partial charge in [-0.25, -0.2) is 0 Å². The molecule has 3 heteroatoms. The number of aliphatic hydroxyl groups is 1. The number of hydrogen-bond donors (Lipinski definition) is 2. The van der Waals surface area contributed by atoms with E-state index >= 15 is 0 Å². The predicted octanol–water partition coefficient (Wildman–Crippen LogP) is -0.00830. The van der Waals surface area contributed by atoms with Crippen LogP contribution in [0.15, 0.2) is 0 Å². The lowest BCUT2D eigenvalue weighted by Gasteiger charge is -2.18. The fraction of sp³-hybridized carbons (Fsp3) is 1.00. The van der Waals surface area contributed by atoms with Gasteiger partial charge in [0, 0.05) is 13.2 Å². The summed E-state index contributed by atoms with van der Waals surface area (Å²) in [6.07, 6.45) is -0.398. The Morgan fingerprint density at radius 2 is 2.20 bits per heavy atom. The van der Waals surface area contributed by atoms with Crippen molar-refractivity contribution in [2.24, 2.45) is 0 Å². The Kier molecular flexibility index (Phi) is 5.58. The maximum atomic E-state index is 9.26. The van der Waals surface area contributed by atoms with E-state index in [9.17, 15) is 5.11 Å². The van der Waals surface area contributed by atoms with Crippen LogP contribution in [-0.2, 0) is 4.74 Å². The summed E-state index contributed by atoms with van der Waals surface area (Å²) in [5.74, 6) is 0. The van der Waals surface area contributed by atoms with Crippen molar-refractivity contribution in [1.29, 1.82) is 0 Å². The van der Waals surface area contributed by atoms with Crippen LogP contribution >= 0.6 is 0 Å². The molecule has 0 amide bonds. The van der Waals surface area contributed by atoms with Crippen LogP contribution in [0, 0.1) is 0 Å². The SMILES string of the molecule is CCNC(C)C(O)COC. The minimum absolute atomic E-state index is 0.116. The largest absolute Gasteiger partial charge is 0.389 e. The average Bonchev–Trinajstić information content (AvgIpc) is 1.89. The number of aliphatic hydroxyl groups excluding tert-OH is 1. The first-order valence-corrected chi connectivity index (χ1v) is 3.62.